The van der Waals surface area contributed by atoms with Gasteiger partial charge in [-0.15, -0.1) is 0 Å². The Balaban J connectivity index is 2.29. The summed E-state index contributed by atoms with van der Waals surface area (Å²) >= 11 is 0. The molecule has 1 fully saturated rings. The minimum atomic E-state index is 0.686. The predicted octanol–water partition coefficient (Wildman–Crippen LogP) is -0.226. The van der Waals surface area contributed by atoms with Crippen molar-refractivity contribution in [2.75, 3.05) is 67.5 Å². The molecule has 1 saturated heterocycles. The first-order chi connectivity index (χ1) is 7.59. The van der Waals surface area contributed by atoms with Crippen LogP contribution in [0.3, 0.4) is 0 Å². The molecule has 1 unspecified atom stereocenters. The summed E-state index contributed by atoms with van der Waals surface area (Å²) in [5.41, 5.74) is 0. The SMILES string of the molecule is CN(C)CCCN1CCNCC1CN(C)C. The van der Waals surface area contributed by atoms with Crippen molar-refractivity contribution in [2.45, 2.75) is 12.5 Å². The molecule has 1 rings (SSSR count). The molecule has 4 heteroatoms. The normalized spacial score (nSPS) is 23.2. The number of rotatable bonds is 6. The van der Waals surface area contributed by atoms with Gasteiger partial charge in [0, 0.05) is 32.2 Å². The first-order valence-corrected chi connectivity index (χ1v) is 6.34. The Bertz CT molecular complexity index is 182. The van der Waals surface area contributed by atoms with Gasteiger partial charge in [-0.1, -0.05) is 0 Å². The Morgan fingerprint density at radius 3 is 2.56 bits per heavy atom. The number of nitrogens with one attached hydrogen (secondary N) is 1. The molecule has 0 aliphatic carbocycles. The van der Waals surface area contributed by atoms with Crippen LogP contribution in [0.2, 0.25) is 0 Å². The first-order valence-electron chi connectivity index (χ1n) is 6.34. The molecule has 0 saturated carbocycles. The lowest BCUT2D eigenvalue weighted by Gasteiger charge is -2.37. The van der Waals surface area contributed by atoms with Crippen LogP contribution < -0.4 is 5.32 Å². The molecular formula is C12H28N4. The second-order valence-corrected chi connectivity index (χ2v) is 5.31. The molecule has 1 atom stereocenters. The van der Waals surface area contributed by atoms with Crippen molar-refractivity contribution in [1.29, 1.82) is 0 Å². The smallest absolute Gasteiger partial charge is 0.0348 e. The van der Waals surface area contributed by atoms with E-state index in [-0.39, 0.29) is 0 Å². The molecule has 0 aromatic rings. The Morgan fingerprint density at radius 2 is 1.94 bits per heavy atom. The second-order valence-electron chi connectivity index (χ2n) is 5.31. The quantitative estimate of drug-likeness (QED) is 0.678. The average Bonchev–Trinajstić information content (AvgIpc) is 2.19. The fourth-order valence-corrected chi connectivity index (χ4v) is 2.29. The first kappa shape index (κ1) is 13.9. The van der Waals surface area contributed by atoms with E-state index in [0.29, 0.717) is 6.04 Å². The highest BCUT2D eigenvalue weighted by Gasteiger charge is 2.21. The molecule has 16 heavy (non-hydrogen) atoms. The summed E-state index contributed by atoms with van der Waals surface area (Å²) in [6.07, 6.45) is 1.27. The van der Waals surface area contributed by atoms with Gasteiger partial charge in [0.15, 0.2) is 0 Å². The van der Waals surface area contributed by atoms with Gasteiger partial charge in [0.1, 0.15) is 0 Å². The van der Waals surface area contributed by atoms with Gasteiger partial charge in [-0.05, 0) is 47.7 Å². The van der Waals surface area contributed by atoms with Crippen LogP contribution in [-0.2, 0) is 0 Å². The van der Waals surface area contributed by atoms with Gasteiger partial charge >= 0.3 is 0 Å². The maximum atomic E-state index is 3.49. The summed E-state index contributed by atoms with van der Waals surface area (Å²) in [6.45, 7) is 7.07. The highest BCUT2D eigenvalue weighted by Crippen LogP contribution is 2.05. The molecule has 1 aliphatic rings. The largest absolute Gasteiger partial charge is 0.314 e. The Kier molecular flexibility index (Phi) is 6.28. The molecule has 96 valence electrons. The maximum Gasteiger partial charge on any atom is 0.0348 e. The Morgan fingerprint density at radius 1 is 1.19 bits per heavy atom. The monoisotopic (exact) mass is 228 g/mol. The van der Waals surface area contributed by atoms with E-state index in [2.05, 4.69) is 48.2 Å². The summed E-state index contributed by atoms with van der Waals surface area (Å²) < 4.78 is 0. The van der Waals surface area contributed by atoms with Gasteiger partial charge in [-0.25, -0.2) is 0 Å². The Labute approximate surface area is 101 Å². The third-order valence-corrected chi connectivity index (χ3v) is 3.10. The molecule has 0 radical (unpaired) electrons. The van der Waals surface area contributed by atoms with Crippen LogP contribution in [0.25, 0.3) is 0 Å². The van der Waals surface area contributed by atoms with Crippen molar-refractivity contribution in [1.82, 2.24) is 20.0 Å². The van der Waals surface area contributed by atoms with Crippen LogP contribution in [0.1, 0.15) is 6.42 Å². The van der Waals surface area contributed by atoms with Crippen molar-refractivity contribution in [3.05, 3.63) is 0 Å². The van der Waals surface area contributed by atoms with Gasteiger partial charge in [-0.2, -0.15) is 0 Å². The van der Waals surface area contributed by atoms with E-state index in [1.165, 1.54) is 26.1 Å². The molecule has 1 heterocycles. The van der Waals surface area contributed by atoms with Gasteiger partial charge in [0.2, 0.25) is 0 Å². The third kappa shape index (κ3) is 5.25. The highest BCUT2D eigenvalue weighted by molar-refractivity contribution is 4.81. The molecule has 0 bridgehead atoms. The maximum absolute atomic E-state index is 3.49. The predicted molar refractivity (Wildman–Crippen MR) is 70.0 cm³/mol. The van der Waals surface area contributed by atoms with Crippen LogP contribution in [0.4, 0.5) is 0 Å². The van der Waals surface area contributed by atoms with E-state index >= 15 is 0 Å². The van der Waals surface area contributed by atoms with Gasteiger partial charge in [-0.3, -0.25) is 4.90 Å². The summed E-state index contributed by atoms with van der Waals surface area (Å²) in [5.74, 6) is 0. The van der Waals surface area contributed by atoms with Crippen LogP contribution in [0.15, 0.2) is 0 Å². The van der Waals surface area contributed by atoms with Crippen LogP contribution >= 0.6 is 0 Å². The lowest BCUT2D eigenvalue weighted by atomic mass is 10.1. The zero-order valence-corrected chi connectivity index (χ0v) is 11.4. The molecule has 0 amide bonds. The van der Waals surface area contributed by atoms with Gasteiger partial charge in [0.05, 0.1) is 0 Å². The zero-order valence-electron chi connectivity index (χ0n) is 11.4. The summed E-state index contributed by atoms with van der Waals surface area (Å²) in [6, 6.07) is 0.686. The lowest BCUT2D eigenvalue weighted by Crippen LogP contribution is -2.55. The topological polar surface area (TPSA) is 21.8 Å². The van der Waals surface area contributed by atoms with E-state index < -0.39 is 0 Å². The molecule has 0 aromatic heterocycles. The third-order valence-electron chi connectivity index (χ3n) is 3.10. The molecule has 0 aromatic carbocycles. The minimum Gasteiger partial charge on any atom is -0.314 e. The molecule has 4 nitrogen and oxygen atoms in total. The van der Waals surface area contributed by atoms with Crippen molar-refractivity contribution in [3.63, 3.8) is 0 Å². The number of hydrogen-bond acceptors (Lipinski definition) is 4. The van der Waals surface area contributed by atoms with Gasteiger partial charge in [0.25, 0.3) is 0 Å². The second kappa shape index (κ2) is 7.22. The van der Waals surface area contributed by atoms with E-state index in [0.717, 1.165) is 19.6 Å². The van der Waals surface area contributed by atoms with E-state index in [4.69, 9.17) is 0 Å². The van der Waals surface area contributed by atoms with Crippen LogP contribution in [0.5, 0.6) is 0 Å². The fourth-order valence-electron chi connectivity index (χ4n) is 2.29. The summed E-state index contributed by atoms with van der Waals surface area (Å²) in [4.78, 5) is 7.19. The molecule has 1 N–H and O–H groups in total. The zero-order chi connectivity index (χ0) is 12.0. The van der Waals surface area contributed by atoms with Gasteiger partial charge < -0.3 is 15.1 Å². The van der Waals surface area contributed by atoms with Crippen molar-refractivity contribution < 1.29 is 0 Å². The lowest BCUT2D eigenvalue weighted by molar-refractivity contribution is 0.128. The highest BCUT2D eigenvalue weighted by atomic mass is 15.2. The fraction of sp³-hybridized carbons (Fsp3) is 1.00. The summed E-state index contributed by atoms with van der Waals surface area (Å²) in [5, 5.41) is 3.49. The van der Waals surface area contributed by atoms with Crippen molar-refractivity contribution >= 4 is 0 Å². The van der Waals surface area contributed by atoms with Crippen LogP contribution in [-0.4, -0.2) is 88.2 Å². The van der Waals surface area contributed by atoms with E-state index in [1.54, 1.807) is 0 Å². The minimum absolute atomic E-state index is 0.686. The molecule has 0 spiro atoms. The number of likely N-dealkylation sites (N-methyl/N-ethyl adjacent to an activating group) is 1. The Hall–Kier alpha value is -0.160. The molecular weight excluding hydrogens is 200 g/mol. The number of piperazine rings is 1. The number of nitrogens with zero attached hydrogens (tertiary/aromatic N) is 3. The average molecular weight is 228 g/mol. The van der Waals surface area contributed by atoms with Crippen molar-refractivity contribution in [2.24, 2.45) is 0 Å². The van der Waals surface area contributed by atoms with Crippen molar-refractivity contribution in [3.8, 4) is 0 Å². The van der Waals surface area contributed by atoms with E-state index in [1.807, 2.05) is 0 Å². The molecule has 1 aliphatic heterocycles. The number of hydrogen-bond donors (Lipinski definition) is 1. The van der Waals surface area contributed by atoms with E-state index in [9.17, 15) is 0 Å². The standard InChI is InChI=1S/C12H28N4/c1-14(2)7-5-8-16-9-6-13-10-12(16)11-15(3)4/h12-13H,5-11H2,1-4H3. The van der Waals surface area contributed by atoms with Crippen LogP contribution in [0, 0.1) is 0 Å². The summed E-state index contributed by atoms with van der Waals surface area (Å²) in [7, 11) is 8.61.